The van der Waals surface area contributed by atoms with Crippen LogP contribution in [0, 0.1) is 5.92 Å². The molecule has 1 amide bonds. The van der Waals surface area contributed by atoms with E-state index in [2.05, 4.69) is 49.0 Å². The second-order valence-corrected chi connectivity index (χ2v) is 11.1. The lowest BCUT2D eigenvalue weighted by Crippen LogP contribution is -2.48. The monoisotopic (exact) mass is 460 g/mol. The molecule has 1 aliphatic carbocycles. The maximum atomic E-state index is 12.9. The van der Waals surface area contributed by atoms with Crippen LogP contribution in [0.15, 0.2) is 22.7 Å². The molecule has 1 saturated carbocycles. The first-order valence-corrected chi connectivity index (χ1v) is 13.4. The lowest BCUT2D eigenvalue weighted by molar-refractivity contribution is -0.130. The lowest BCUT2D eigenvalue weighted by Gasteiger charge is -2.34. The number of carbonyl (C=O) groups is 1. The number of anilines is 1. The predicted octanol–water partition coefficient (Wildman–Crippen LogP) is 3.35. The van der Waals surface area contributed by atoms with E-state index < -0.39 is 0 Å². The molecule has 2 aromatic rings. The molecule has 2 aromatic heterocycles. The zero-order valence-electron chi connectivity index (χ0n) is 18.3. The molecule has 5 rings (SSSR count). The molecule has 0 aromatic carbocycles. The van der Waals surface area contributed by atoms with Gasteiger partial charge in [-0.25, -0.2) is 0 Å². The van der Waals surface area contributed by atoms with Crippen molar-refractivity contribution in [3.05, 3.63) is 22.4 Å². The summed E-state index contributed by atoms with van der Waals surface area (Å²) in [6.45, 7) is 8.98. The average molecular weight is 461 g/mol. The predicted molar refractivity (Wildman–Crippen MR) is 126 cm³/mol. The third-order valence-corrected chi connectivity index (χ3v) is 8.42. The number of amides is 1. The van der Waals surface area contributed by atoms with Crippen molar-refractivity contribution in [1.82, 2.24) is 24.6 Å². The van der Waals surface area contributed by atoms with Crippen LogP contribution in [0.25, 0.3) is 0 Å². The number of piperidine rings is 1. The van der Waals surface area contributed by atoms with Crippen LogP contribution in [0.1, 0.15) is 43.5 Å². The Labute approximate surface area is 192 Å². The summed E-state index contributed by atoms with van der Waals surface area (Å²) in [6, 6.07) is 4.81. The van der Waals surface area contributed by atoms with Crippen LogP contribution < -0.4 is 4.90 Å². The highest BCUT2D eigenvalue weighted by Gasteiger charge is 2.33. The van der Waals surface area contributed by atoms with Crippen LogP contribution in [-0.2, 0) is 11.3 Å². The van der Waals surface area contributed by atoms with Gasteiger partial charge in [-0.2, -0.15) is 0 Å². The quantitative estimate of drug-likeness (QED) is 0.591. The molecule has 168 valence electrons. The number of aromatic nitrogens is 3. The van der Waals surface area contributed by atoms with Crippen molar-refractivity contribution in [2.45, 2.75) is 50.4 Å². The third kappa shape index (κ3) is 5.09. The fourth-order valence-corrected chi connectivity index (χ4v) is 6.09. The van der Waals surface area contributed by atoms with Crippen LogP contribution >= 0.6 is 23.1 Å². The van der Waals surface area contributed by atoms with Crippen LogP contribution in [-0.4, -0.2) is 75.5 Å². The molecule has 3 aliphatic rings. The Morgan fingerprint density at radius 1 is 1.10 bits per heavy atom. The van der Waals surface area contributed by atoms with Crippen molar-refractivity contribution in [3.63, 3.8) is 0 Å². The number of thioether (sulfide) groups is 1. The number of piperazine rings is 1. The highest BCUT2D eigenvalue weighted by atomic mass is 32.2. The molecule has 2 aliphatic heterocycles. The van der Waals surface area contributed by atoms with Crippen molar-refractivity contribution < 1.29 is 4.79 Å². The first kappa shape index (κ1) is 21.3. The molecule has 0 bridgehead atoms. The summed E-state index contributed by atoms with van der Waals surface area (Å²) < 4.78 is 2.31. The SMILES string of the molecule is CC1CCN(c2nnc(SCC(=O)N3CCN(Cc4cccs4)CC3)n2C2CC2)CC1. The minimum absolute atomic E-state index is 0.222. The Hall–Kier alpha value is -1.58. The number of hydrogen-bond acceptors (Lipinski definition) is 7. The van der Waals surface area contributed by atoms with Gasteiger partial charge >= 0.3 is 0 Å². The van der Waals surface area contributed by atoms with Crippen molar-refractivity contribution in [2.24, 2.45) is 5.92 Å². The van der Waals surface area contributed by atoms with Gasteiger partial charge in [0.25, 0.3) is 0 Å². The van der Waals surface area contributed by atoms with Gasteiger partial charge in [-0.15, -0.1) is 21.5 Å². The van der Waals surface area contributed by atoms with Gasteiger partial charge in [0, 0.05) is 56.7 Å². The molecular weight excluding hydrogens is 428 g/mol. The number of rotatable bonds is 7. The van der Waals surface area contributed by atoms with E-state index in [0.717, 1.165) is 62.8 Å². The van der Waals surface area contributed by atoms with Gasteiger partial charge in [0.15, 0.2) is 5.16 Å². The molecule has 4 heterocycles. The number of hydrogen-bond donors (Lipinski definition) is 0. The van der Waals surface area contributed by atoms with Crippen molar-refractivity contribution in [2.75, 3.05) is 49.9 Å². The van der Waals surface area contributed by atoms with Crippen LogP contribution in [0.5, 0.6) is 0 Å². The lowest BCUT2D eigenvalue weighted by atomic mass is 10.00. The number of nitrogens with zero attached hydrogens (tertiary/aromatic N) is 6. The summed E-state index contributed by atoms with van der Waals surface area (Å²) in [7, 11) is 0. The molecular formula is C22H32N6OS2. The molecule has 2 saturated heterocycles. The Morgan fingerprint density at radius 3 is 2.55 bits per heavy atom. The average Bonchev–Trinajstić information content (AvgIpc) is 3.32. The van der Waals surface area contributed by atoms with Crippen LogP contribution in [0.3, 0.4) is 0 Å². The summed E-state index contributed by atoms with van der Waals surface area (Å²) in [5.41, 5.74) is 0. The zero-order valence-corrected chi connectivity index (χ0v) is 19.9. The van der Waals surface area contributed by atoms with E-state index in [1.165, 1.54) is 30.6 Å². The van der Waals surface area contributed by atoms with E-state index in [-0.39, 0.29) is 5.91 Å². The summed E-state index contributed by atoms with van der Waals surface area (Å²) in [6.07, 6.45) is 4.83. The highest BCUT2D eigenvalue weighted by molar-refractivity contribution is 7.99. The van der Waals surface area contributed by atoms with Gasteiger partial charge < -0.3 is 9.80 Å². The minimum Gasteiger partial charge on any atom is -0.341 e. The van der Waals surface area contributed by atoms with Crippen LogP contribution in [0.4, 0.5) is 5.95 Å². The van der Waals surface area contributed by atoms with Gasteiger partial charge in [0.05, 0.1) is 5.75 Å². The van der Waals surface area contributed by atoms with E-state index >= 15 is 0 Å². The minimum atomic E-state index is 0.222. The van der Waals surface area contributed by atoms with Crippen LogP contribution in [0.2, 0.25) is 0 Å². The Balaban J connectivity index is 1.14. The number of carbonyl (C=O) groups excluding carboxylic acids is 1. The third-order valence-electron chi connectivity index (χ3n) is 6.63. The molecule has 0 atom stereocenters. The Bertz CT molecular complexity index is 865. The smallest absolute Gasteiger partial charge is 0.233 e. The molecule has 0 unspecified atom stereocenters. The molecule has 0 N–H and O–H groups in total. The van der Waals surface area contributed by atoms with Crippen molar-refractivity contribution in [3.8, 4) is 0 Å². The normalized spacial score (nSPS) is 21.1. The van der Waals surface area contributed by atoms with E-state index in [4.69, 9.17) is 0 Å². The van der Waals surface area contributed by atoms with Gasteiger partial charge in [-0.3, -0.25) is 14.3 Å². The maximum Gasteiger partial charge on any atom is 0.233 e. The first-order chi connectivity index (χ1) is 15.2. The fraction of sp³-hybridized carbons (Fsp3) is 0.682. The second-order valence-electron chi connectivity index (χ2n) is 9.08. The fourth-order valence-electron chi connectivity index (χ4n) is 4.44. The van der Waals surface area contributed by atoms with E-state index in [1.54, 1.807) is 23.1 Å². The molecule has 31 heavy (non-hydrogen) atoms. The molecule has 0 spiro atoms. The highest BCUT2D eigenvalue weighted by Crippen LogP contribution is 2.41. The van der Waals surface area contributed by atoms with Gasteiger partial charge in [0.1, 0.15) is 0 Å². The Morgan fingerprint density at radius 2 is 1.87 bits per heavy atom. The summed E-state index contributed by atoms with van der Waals surface area (Å²) in [5, 5.41) is 12.1. The van der Waals surface area contributed by atoms with Gasteiger partial charge in [0.2, 0.25) is 11.9 Å². The second kappa shape index (κ2) is 9.50. The maximum absolute atomic E-state index is 12.9. The first-order valence-electron chi connectivity index (χ1n) is 11.5. The topological polar surface area (TPSA) is 57.5 Å². The molecule has 9 heteroatoms. The van der Waals surface area contributed by atoms with Crippen molar-refractivity contribution in [1.29, 1.82) is 0 Å². The largest absolute Gasteiger partial charge is 0.341 e. The van der Waals surface area contributed by atoms with E-state index in [0.29, 0.717) is 11.8 Å². The van der Waals surface area contributed by atoms with Crippen molar-refractivity contribution >= 4 is 35.0 Å². The van der Waals surface area contributed by atoms with E-state index in [9.17, 15) is 4.79 Å². The standard InChI is InChI=1S/C22H32N6OS2/c1-17-6-8-27(9-7-17)21-23-24-22(28(21)18-4-5-18)31-16-20(29)26-12-10-25(11-13-26)15-19-3-2-14-30-19/h2-3,14,17-18H,4-13,15-16H2,1H3. The number of thiophene rings is 1. The zero-order chi connectivity index (χ0) is 21.2. The van der Waals surface area contributed by atoms with E-state index in [1.807, 2.05) is 4.90 Å². The summed E-state index contributed by atoms with van der Waals surface area (Å²) in [5.74, 6) is 2.49. The molecule has 7 nitrogen and oxygen atoms in total. The summed E-state index contributed by atoms with van der Waals surface area (Å²) in [4.78, 5) is 21.1. The molecule has 0 radical (unpaired) electrons. The van der Waals surface area contributed by atoms with Gasteiger partial charge in [-0.05, 0) is 43.0 Å². The van der Waals surface area contributed by atoms with Gasteiger partial charge in [-0.1, -0.05) is 24.8 Å². The molecule has 3 fully saturated rings. The Kier molecular flexibility index (Phi) is 6.52. The summed E-state index contributed by atoms with van der Waals surface area (Å²) >= 11 is 3.37.